The normalized spacial score (nSPS) is 11.7. The highest BCUT2D eigenvalue weighted by atomic mass is 35.5. The minimum atomic E-state index is -4.66. The van der Waals surface area contributed by atoms with Crippen LogP contribution in [0.2, 0.25) is 5.02 Å². The molecule has 0 radical (unpaired) electrons. The van der Waals surface area contributed by atoms with Gasteiger partial charge in [-0.15, -0.1) is 0 Å². The van der Waals surface area contributed by atoms with E-state index in [9.17, 15) is 28.2 Å². The van der Waals surface area contributed by atoms with Crippen molar-refractivity contribution in [3.8, 4) is 11.5 Å². The number of nitrogens with one attached hydrogen (secondary N) is 1. The molecule has 0 atom stereocenters. The highest BCUT2D eigenvalue weighted by Gasteiger charge is 2.32. The maximum absolute atomic E-state index is 12.7. The Kier molecular flexibility index (Phi) is 5.22. The number of alkyl halides is 3. The third kappa shape index (κ3) is 4.42. The summed E-state index contributed by atoms with van der Waals surface area (Å²) in [6.45, 7) is 1.72. The molecule has 25 heavy (non-hydrogen) atoms. The van der Waals surface area contributed by atoms with Crippen LogP contribution in [0.25, 0.3) is 0 Å². The molecule has 0 saturated carbocycles. The molecule has 0 fully saturated rings. The molecular weight excluding hydrogens is 361 g/mol. The summed E-state index contributed by atoms with van der Waals surface area (Å²) >= 11 is 5.57. The molecule has 0 bridgehead atoms. The van der Waals surface area contributed by atoms with Crippen molar-refractivity contribution in [1.29, 1.82) is 0 Å². The second-order valence-electron chi connectivity index (χ2n) is 5.11. The minimum Gasteiger partial charge on any atom is -0.507 e. The molecule has 1 amide bonds. The van der Waals surface area contributed by atoms with E-state index in [0.717, 1.165) is 11.8 Å². The smallest absolute Gasteiger partial charge is 0.416 e. The number of hydrazone groups is 1. The van der Waals surface area contributed by atoms with Crippen LogP contribution in [0.4, 0.5) is 13.2 Å². The van der Waals surface area contributed by atoms with Gasteiger partial charge in [-0.2, -0.15) is 18.3 Å². The summed E-state index contributed by atoms with van der Waals surface area (Å²) in [5.41, 5.74) is 1.33. The lowest BCUT2D eigenvalue weighted by molar-refractivity contribution is -0.137. The van der Waals surface area contributed by atoms with E-state index in [0.29, 0.717) is 12.1 Å². The molecule has 0 spiro atoms. The summed E-state index contributed by atoms with van der Waals surface area (Å²) < 4.78 is 38.2. The van der Waals surface area contributed by atoms with E-state index >= 15 is 0 Å². The number of hydrogen-bond donors (Lipinski definition) is 3. The van der Waals surface area contributed by atoms with Crippen molar-refractivity contribution < 1.29 is 28.2 Å². The third-order valence-electron chi connectivity index (χ3n) is 3.19. The van der Waals surface area contributed by atoms with Gasteiger partial charge in [-0.1, -0.05) is 17.7 Å². The number of hydrogen-bond acceptors (Lipinski definition) is 4. The molecule has 0 saturated heterocycles. The standard InChI is InChI=1S/C16H12ClF3N2O3/c1-8-2-3-11(13(23)4-8)15(25)22-21-7-9-5-10(16(18,19)20)6-12(17)14(9)24/h2-7,23-24H,1H3,(H,22,25)/b21-7+. The van der Waals surface area contributed by atoms with Crippen LogP contribution in [-0.4, -0.2) is 22.3 Å². The van der Waals surface area contributed by atoms with Crippen molar-refractivity contribution in [2.24, 2.45) is 5.10 Å². The number of rotatable bonds is 3. The fraction of sp³-hybridized carbons (Fsp3) is 0.125. The van der Waals surface area contributed by atoms with Gasteiger partial charge >= 0.3 is 6.18 Å². The monoisotopic (exact) mass is 372 g/mol. The van der Waals surface area contributed by atoms with Gasteiger partial charge in [-0.3, -0.25) is 4.79 Å². The Bertz CT molecular complexity index is 851. The molecule has 0 aromatic heterocycles. The van der Waals surface area contributed by atoms with E-state index in [4.69, 9.17) is 11.6 Å². The van der Waals surface area contributed by atoms with Crippen molar-refractivity contribution in [1.82, 2.24) is 5.43 Å². The number of halogens is 4. The molecule has 0 aliphatic heterocycles. The van der Waals surface area contributed by atoms with Gasteiger partial charge in [0.1, 0.15) is 11.5 Å². The van der Waals surface area contributed by atoms with Crippen LogP contribution in [0.15, 0.2) is 35.4 Å². The zero-order valence-electron chi connectivity index (χ0n) is 12.7. The number of carbonyl (C=O) groups excluding carboxylic acids is 1. The minimum absolute atomic E-state index is 0.0611. The van der Waals surface area contributed by atoms with E-state index in [1.54, 1.807) is 13.0 Å². The number of nitrogens with zero attached hydrogens (tertiary/aromatic N) is 1. The fourth-order valence-electron chi connectivity index (χ4n) is 1.94. The molecule has 3 N–H and O–H groups in total. The molecule has 0 aliphatic rings. The predicted molar refractivity (Wildman–Crippen MR) is 86.0 cm³/mol. The highest BCUT2D eigenvalue weighted by molar-refractivity contribution is 6.32. The highest BCUT2D eigenvalue weighted by Crippen LogP contribution is 2.36. The number of benzene rings is 2. The summed E-state index contributed by atoms with van der Waals surface area (Å²) in [5, 5.41) is 22.4. The van der Waals surface area contributed by atoms with Crippen LogP contribution in [0.3, 0.4) is 0 Å². The fourth-order valence-corrected chi connectivity index (χ4v) is 2.16. The van der Waals surface area contributed by atoms with Gasteiger partial charge in [0.2, 0.25) is 0 Å². The van der Waals surface area contributed by atoms with E-state index in [1.165, 1.54) is 12.1 Å². The summed E-state index contributed by atoms with van der Waals surface area (Å²) in [5.74, 6) is -1.64. The number of carbonyl (C=O) groups is 1. The molecule has 0 aliphatic carbocycles. The van der Waals surface area contributed by atoms with Crippen LogP contribution >= 0.6 is 11.6 Å². The molecule has 9 heteroatoms. The maximum atomic E-state index is 12.7. The summed E-state index contributed by atoms with van der Waals surface area (Å²) in [6.07, 6.45) is -3.84. The largest absolute Gasteiger partial charge is 0.507 e. The van der Waals surface area contributed by atoms with Crippen molar-refractivity contribution in [3.05, 3.63) is 57.6 Å². The third-order valence-corrected chi connectivity index (χ3v) is 3.48. The first-order valence-electron chi connectivity index (χ1n) is 6.82. The molecule has 2 aromatic rings. The average Bonchev–Trinajstić information content (AvgIpc) is 2.50. The van der Waals surface area contributed by atoms with Crippen LogP contribution < -0.4 is 5.43 Å². The van der Waals surface area contributed by atoms with Crippen LogP contribution in [-0.2, 0) is 6.18 Å². The van der Waals surface area contributed by atoms with Gasteiger partial charge in [0.15, 0.2) is 0 Å². The van der Waals surface area contributed by atoms with Crippen LogP contribution in [0.1, 0.15) is 27.0 Å². The quantitative estimate of drug-likeness (QED) is 0.565. The predicted octanol–water partition coefficient (Wildman–Crippen LogP) is 3.84. The Balaban J connectivity index is 2.22. The molecule has 2 rings (SSSR count). The Morgan fingerprint density at radius 2 is 1.92 bits per heavy atom. The second-order valence-corrected chi connectivity index (χ2v) is 5.52. The van der Waals surface area contributed by atoms with Gasteiger partial charge < -0.3 is 10.2 Å². The Labute approximate surface area is 145 Å². The molecule has 132 valence electrons. The average molecular weight is 373 g/mol. The Hall–Kier alpha value is -2.74. The lowest BCUT2D eigenvalue weighted by Crippen LogP contribution is -2.17. The lowest BCUT2D eigenvalue weighted by atomic mass is 10.1. The van der Waals surface area contributed by atoms with Crippen molar-refractivity contribution in [2.45, 2.75) is 13.1 Å². The molecule has 5 nitrogen and oxygen atoms in total. The van der Waals surface area contributed by atoms with Crippen LogP contribution in [0, 0.1) is 6.92 Å². The van der Waals surface area contributed by atoms with E-state index in [1.807, 2.05) is 5.43 Å². The summed E-state index contributed by atoms with van der Waals surface area (Å²) in [6, 6.07) is 5.55. The zero-order chi connectivity index (χ0) is 18.8. The van der Waals surface area contributed by atoms with Gasteiger partial charge in [0.05, 0.1) is 22.4 Å². The SMILES string of the molecule is Cc1ccc(C(=O)N/N=C/c2cc(C(F)(F)F)cc(Cl)c2O)c(O)c1. The first-order valence-corrected chi connectivity index (χ1v) is 7.20. The maximum Gasteiger partial charge on any atom is 0.416 e. The van der Waals surface area contributed by atoms with Crippen molar-refractivity contribution in [2.75, 3.05) is 0 Å². The molecule has 2 aromatic carbocycles. The van der Waals surface area contributed by atoms with E-state index in [-0.39, 0.29) is 16.9 Å². The number of amides is 1. The number of phenols is 2. The van der Waals surface area contributed by atoms with Gasteiger partial charge in [0, 0.05) is 5.56 Å². The molecular formula is C16H12ClF3N2O3. The van der Waals surface area contributed by atoms with Crippen molar-refractivity contribution in [3.63, 3.8) is 0 Å². The second kappa shape index (κ2) is 7.02. The van der Waals surface area contributed by atoms with Crippen molar-refractivity contribution >= 4 is 23.7 Å². The topological polar surface area (TPSA) is 81.9 Å². The number of phenolic OH excluding ortho intramolecular Hbond substituents is 2. The van der Waals surface area contributed by atoms with E-state index in [2.05, 4.69) is 5.10 Å². The first kappa shape index (κ1) is 18.6. The number of aryl methyl sites for hydroxylation is 1. The molecule has 0 unspecified atom stereocenters. The van der Waals surface area contributed by atoms with Crippen LogP contribution in [0.5, 0.6) is 11.5 Å². The summed E-state index contributed by atoms with van der Waals surface area (Å²) in [7, 11) is 0. The zero-order valence-corrected chi connectivity index (χ0v) is 13.5. The first-order chi connectivity index (χ1) is 11.6. The van der Waals surface area contributed by atoms with Gasteiger partial charge in [-0.05, 0) is 36.8 Å². The van der Waals surface area contributed by atoms with Gasteiger partial charge in [0.25, 0.3) is 5.91 Å². The summed E-state index contributed by atoms with van der Waals surface area (Å²) in [4.78, 5) is 11.9. The lowest BCUT2D eigenvalue weighted by Gasteiger charge is -2.10. The van der Waals surface area contributed by atoms with Gasteiger partial charge in [-0.25, -0.2) is 5.43 Å². The van der Waals surface area contributed by atoms with E-state index < -0.39 is 28.4 Å². The Morgan fingerprint density at radius 3 is 2.52 bits per heavy atom. The molecule has 0 heterocycles. The number of aromatic hydroxyl groups is 2. The Morgan fingerprint density at radius 1 is 1.24 bits per heavy atom.